The molecule has 5 heteroatoms. The van der Waals surface area contributed by atoms with Crippen molar-refractivity contribution in [1.82, 2.24) is 9.97 Å². The topological polar surface area (TPSA) is 47.0 Å². The van der Waals surface area contributed by atoms with Crippen molar-refractivity contribution in [2.75, 3.05) is 19.0 Å². The summed E-state index contributed by atoms with van der Waals surface area (Å²) < 4.78 is 5.17. The molecule has 1 aliphatic carbocycles. The van der Waals surface area contributed by atoms with Gasteiger partial charge < -0.3 is 10.1 Å². The number of anilines is 1. The summed E-state index contributed by atoms with van der Waals surface area (Å²) in [7, 11) is 1.57. The van der Waals surface area contributed by atoms with Crippen molar-refractivity contribution in [1.29, 1.82) is 0 Å². The fourth-order valence-electron chi connectivity index (χ4n) is 2.11. The van der Waals surface area contributed by atoms with Gasteiger partial charge in [0.25, 0.3) is 0 Å². The van der Waals surface area contributed by atoms with E-state index < -0.39 is 0 Å². The first-order valence-electron chi connectivity index (χ1n) is 5.59. The summed E-state index contributed by atoms with van der Waals surface area (Å²) in [5, 5.41) is 3.64. The fraction of sp³-hybridized carbons (Fsp3) is 0.636. The zero-order chi connectivity index (χ0) is 11.4. The minimum atomic E-state index is 0.353. The summed E-state index contributed by atoms with van der Waals surface area (Å²) in [5.74, 6) is 1.97. The lowest BCUT2D eigenvalue weighted by molar-refractivity contribution is 0.412. The van der Waals surface area contributed by atoms with E-state index in [4.69, 9.17) is 16.3 Å². The van der Waals surface area contributed by atoms with Crippen LogP contribution in [0.3, 0.4) is 0 Å². The van der Waals surface area contributed by atoms with E-state index in [-0.39, 0.29) is 0 Å². The Kier molecular flexibility index (Phi) is 3.83. The third-order valence-electron chi connectivity index (χ3n) is 3.00. The van der Waals surface area contributed by atoms with Gasteiger partial charge in [-0.3, -0.25) is 0 Å². The molecule has 0 aromatic carbocycles. The van der Waals surface area contributed by atoms with E-state index in [2.05, 4.69) is 15.3 Å². The molecule has 0 unspecified atom stereocenters. The van der Waals surface area contributed by atoms with Crippen LogP contribution in [0.4, 0.5) is 5.82 Å². The SMILES string of the molecule is COc1c(Cl)ncnc1NCC1CCCC1. The van der Waals surface area contributed by atoms with Gasteiger partial charge in [0.15, 0.2) is 16.7 Å². The Labute approximate surface area is 100 Å². The molecule has 16 heavy (non-hydrogen) atoms. The molecule has 0 amide bonds. The second-order valence-corrected chi connectivity index (χ2v) is 4.44. The molecule has 0 aliphatic heterocycles. The molecule has 1 saturated carbocycles. The Balaban J connectivity index is 2.00. The smallest absolute Gasteiger partial charge is 0.198 e. The second kappa shape index (κ2) is 5.34. The van der Waals surface area contributed by atoms with E-state index in [1.807, 2.05) is 0 Å². The molecule has 0 saturated heterocycles. The lowest BCUT2D eigenvalue weighted by atomic mass is 10.1. The van der Waals surface area contributed by atoms with Gasteiger partial charge in [-0.2, -0.15) is 0 Å². The van der Waals surface area contributed by atoms with Gasteiger partial charge in [0.1, 0.15) is 6.33 Å². The Bertz CT molecular complexity index is 353. The summed E-state index contributed by atoms with van der Waals surface area (Å²) >= 11 is 5.91. The zero-order valence-electron chi connectivity index (χ0n) is 9.37. The summed E-state index contributed by atoms with van der Waals surface area (Å²) in [6.45, 7) is 0.934. The van der Waals surface area contributed by atoms with E-state index in [0.29, 0.717) is 16.7 Å². The van der Waals surface area contributed by atoms with E-state index in [1.54, 1.807) is 7.11 Å². The molecule has 1 aliphatic rings. The van der Waals surface area contributed by atoms with Crippen LogP contribution in [0, 0.1) is 5.92 Å². The molecule has 1 aromatic rings. The van der Waals surface area contributed by atoms with E-state index in [9.17, 15) is 0 Å². The first kappa shape index (κ1) is 11.5. The Morgan fingerprint density at radius 3 is 2.88 bits per heavy atom. The highest BCUT2D eigenvalue weighted by Crippen LogP contribution is 2.30. The van der Waals surface area contributed by atoms with Crippen LogP contribution in [0.2, 0.25) is 5.15 Å². The number of rotatable bonds is 4. The van der Waals surface area contributed by atoms with E-state index >= 15 is 0 Å². The van der Waals surface area contributed by atoms with Crippen LogP contribution in [-0.2, 0) is 0 Å². The van der Waals surface area contributed by atoms with Gasteiger partial charge in [-0.05, 0) is 18.8 Å². The maximum Gasteiger partial charge on any atom is 0.198 e. The number of ether oxygens (including phenoxy) is 1. The number of hydrogen-bond acceptors (Lipinski definition) is 4. The number of halogens is 1. The fourth-order valence-corrected chi connectivity index (χ4v) is 2.32. The number of hydrogen-bond donors (Lipinski definition) is 1. The standard InChI is InChI=1S/C11H16ClN3O/c1-16-9-10(12)14-7-15-11(9)13-6-8-4-2-3-5-8/h7-8H,2-6H2,1H3,(H,13,14,15). The van der Waals surface area contributed by atoms with Crippen LogP contribution in [-0.4, -0.2) is 23.6 Å². The Hall–Kier alpha value is -1.03. The normalized spacial score (nSPS) is 16.4. The van der Waals surface area contributed by atoms with Crippen molar-refractivity contribution < 1.29 is 4.74 Å². The molecule has 1 aromatic heterocycles. The Morgan fingerprint density at radius 2 is 2.19 bits per heavy atom. The summed E-state index contributed by atoms with van der Waals surface area (Å²) in [5.41, 5.74) is 0. The van der Waals surface area contributed by atoms with Crippen molar-refractivity contribution in [3.8, 4) is 5.75 Å². The predicted molar refractivity (Wildman–Crippen MR) is 64.0 cm³/mol. The molecule has 0 atom stereocenters. The van der Waals surface area contributed by atoms with Crippen LogP contribution in [0.25, 0.3) is 0 Å². The van der Waals surface area contributed by atoms with Crippen molar-refractivity contribution >= 4 is 17.4 Å². The van der Waals surface area contributed by atoms with E-state index in [0.717, 1.165) is 12.5 Å². The maximum absolute atomic E-state index is 5.91. The number of nitrogens with one attached hydrogen (secondary N) is 1. The van der Waals surface area contributed by atoms with Crippen LogP contribution in [0.15, 0.2) is 6.33 Å². The van der Waals surface area contributed by atoms with E-state index in [1.165, 1.54) is 32.0 Å². The molecule has 2 rings (SSSR count). The van der Waals surface area contributed by atoms with Crippen LogP contribution in [0.1, 0.15) is 25.7 Å². The molecule has 1 N–H and O–H groups in total. The summed E-state index contributed by atoms with van der Waals surface area (Å²) in [6.07, 6.45) is 6.73. The van der Waals surface area contributed by atoms with Gasteiger partial charge in [-0.15, -0.1) is 0 Å². The minimum absolute atomic E-state index is 0.353. The van der Waals surface area contributed by atoms with Gasteiger partial charge in [0.05, 0.1) is 7.11 Å². The average Bonchev–Trinajstić information content (AvgIpc) is 2.79. The highest BCUT2D eigenvalue weighted by molar-refractivity contribution is 6.31. The third-order valence-corrected chi connectivity index (χ3v) is 3.27. The molecule has 0 bridgehead atoms. The molecule has 4 nitrogen and oxygen atoms in total. The molecular formula is C11H16ClN3O. The lowest BCUT2D eigenvalue weighted by Crippen LogP contribution is -2.13. The number of methoxy groups -OCH3 is 1. The van der Waals surface area contributed by atoms with Crippen molar-refractivity contribution in [2.45, 2.75) is 25.7 Å². The van der Waals surface area contributed by atoms with Gasteiger partial charge >= 0.3 is 0 Å². The van der Waals surface area contributed by atoms with Crippen molar-refractivity contribution in [3.05, 3.63) is 11.5 Å². The molecule has 0 radical (unpaired) electrons. The quantitative estimate of drug-likeness (QED) is 0.824. The summed E-state index contributed by atoms with van der Waals surface area (Å²) in [4.78, 5) is 8.02. The zero-order valence-corrected chi connectivity index (χ0v) is 10.1. The van der Waals surface area contributed by atoms with Gasteiger partial charge in [0, 0.05) is 6.54 Å². The van der Waals surface area contributed by atoms with Crippen molar-refractivity contribution in [2.24, 2.45) is 5.92 Å². The van der Waals surface area contributed by atoms with Crippen LogP contribution in [0.5, 0.6) is 5.75 Å². The first-order valence-corrected chi connectivity index (χ1v) is 5.97. The third kappa shape index (κ3) is 2.55. The number of aromatic nitrogens is 2. The monoisotopic (exact) mass is 241 g/mol. The highest BCUT2D eigenvalue weighted by atomic mass is 35.5. The largest absolute Gasteiger partial charge is 0.490 e. The van der Waals surface area contributed by atoms with Gasteiger partial charge in [-0.1, -0.05) is 24.4 Å². The molecule has 88 valence electrons. The van der Waals surface area contributed by atoms with Crippen LogP contribution < -0.4 is 10.1 Å². The Morgan fingerprint density at radius 1 is 1.44 bits per heavy atom. The lowest BCUT2D eigenvalue weighted by Gasteiger charge is -2.13. The minimum Gasteiger partial charge on any atom is -0.490 e. The van der Waals surface area contributed by atoms with Crippen LogP contribution >= 0.6 is 11.6 Å². The average molecular weight is 242 g/mol. The predicted octanol–water partition coefficient (Wildman–Crippen LogP) is 2.74. The van der Waals surface area contributed by atoms with Crippen molar-refractivity contribution in [3.63, 3.8) is 0 Å². The molecule has 1 fully saturated rings. The summed E-state index contributed by atoms with van der Waals surface area (Å²) in [6, 6.07) is 0. The molecule has 1 heterocycles. The second-order valence-electron chi connectivity index (χ2n) is 4.08. The first-order chi connectivity index (χ1) is 7.81. The number of nitrogens with zero attached hydrogens (tertiary/aromatic N) is 2. The van der Waals surface area contributed by atoms with Gasteiger partial charge in [0.2, 0.25) is 0 Å². The molecular weight excluding hydrogens is 226 g/mol. The highest BCUT2D eigenvalue weighted by Gasteiger charge is 2.16. The molecule has 0 spiro atoms. The maximum atomic E-state index is 5.91. The van der Waals surface area contributed by atoms with Gasteiger partial charge in [-0.25, -0.2) is 9.97 Å².